The summed E-state index contributed by atoms with van der Waals surface area (Å²) < 4.78 is 5.15. The van der Waals surface area contributed by atoms with Crippen LogP contribution in [0.5, 0.6) is 0 Å². The van der Waals surface area contributed by atoms with Crippen molar-refractivity contribution < 1.29 is 4.52 Å². The number of hydrogen-bond donors (Lipinski definition) is 1. The topological polar surface area (TPSA) is 51.0 Å². The highest BCUT2D eigenvalue weighted by Crippen LogP contribution is 2.17. The van der Waals surface area contributed by atoms with E-state index in [2.05, 4.69) is 15.5 Å². The van der Waals surface area contributed by atoms with Gasteiger partial charge in [-0.3, -0.25) is 0 Å². The van der Waals surface area contributed by atoms with Crippen LogP contribution in [-0.4, -0.2) is 17.2 Å². The van der Waals surface area contributed by atoms with Crippen molar-refractivity contribution in [3.8, 4) is 11.4 Å². The van der Waals surface area contributed by atoms with Gasteiger partial charge in [-0.15, -0.1) is 0 Å². The van der Waals surface area contributed by atoms with Crippen molar-refractivity contribution >= 4 is 0 Å². The Hall–Kier alpha value is -1.68. The van der Waals surface area contributed by atoms with Gasteiger partial charge in [0.2, 0.25) is 11.7 Å². The minimum absolute atomic E-state index is 0.0787. The fourth-order valence-corrected chi connectivity index (χ4v) is 1.24. The van der Waals surface area contributed by atoms with E-state index in [4.69, 9.17) is 4.52 Å². The molecule has 1 heterocycles. The molecule has 0 saturated heterocycles. The fourth-order valence-electron chi connectivity index (χ4n) is 1.24. The van der Waals surface area contributed by atoms with Gasteiger partial charge < -0.3 is 9.84 Å². The lowest BCUT2D eigenvalue weighted by Gasteiger charge is -2.01. The molecule has 2 rings (SSSR count). The van der Waals surface area contributed by atoms with Gasteiger partial charge in [0.15, 0.2) is 0 Å². The van der Waals surface area contributed by atoms with Crippen LogP contribution in [0, 0.1) is 0 Å². The van der Waals surface area contributed by atoms with Crippen LogP contribution >= 0.6 is 0 Å². The van der Waals surface area contributed by atoms with E-state index in [0.717, 1.165) is 5.56 Å². The SMILES string of the molecule is CNC(C)c1nc(-c2ccccc2)no1. The number of hydrogen-bond acceptors (Lipinski definition) is 4. The highest BCUT2D eigenvalue weighted by atomic mass is 16.5. The number of nitrogens with one attached hydrogen (secondary N) is 1. The Balaban J connectivity index is 2.28. The van der Waals surface area contributed by atoms with E-state index < -0.39 is 0 Å². The molecule has 1 N–H and O–H groups in total. The summed E-state index contributed by atoms with van der Waals surface area (Å²) in [5.41, 5.74) is 0.968. The largest absolute Gasteiger partial charge is 0.337 e. The van der Waals surface area contributed by atoms with Gasteiger partial charge in [-0.1, -0.05) is 35.5 Å². The number of aromatic nitrogens is 2. The Morgan fingerprint density at radius 2 is 2.00 bits per heavy atom. The van der Waals surface area contributed by atoms with Crippen LogP contribution in [0.1, 0.15) is 18.9 Å². The average Bonchev–Trinajstić information content (AvgIpc) is 2.78. The van der Waals surface area contributed by atoms with Crippen LogP contribution in [0.15, 0.2) is 34.9 Å². The summed E-state index contributed by atoms with van der Waals surface area (Å²) >= 11 is 0. The molecule has 1 unspecified atom stereocenters. The van der Waals surface area contributed by atoms with Crippen LogP contribution in [0.3, 0.4) is 0 Å². The number of benzene rings is 1. The monoisotopic (exact) mass is 203 g/mol. The van der Waals surface area contributed by atoms with Gasteiger partial charge in [-0.25, -0.2) is 0 Å². The molecule has 4 nitrogen and oxygen atoms in total. The maximum atomic E-state index is 5.15. The zero-order valence-electron chi connectivity index (χ0n) is 8.77. The summed E-state index contributed by atoms with van der Waals surface area (Å²) in [6.45, 7) is 1.97. The van der Waals surface area contributed by atoms with Crippen LogP contribution < -0.4 is 5.32 Å². The van der Waals surface area contributed by atoms with E-state index in [9.17, 15) is 0 Å². The van der Waals surface area contributed by atoms with E-state index in [1.165, 1.54) is 0 Å². The Morgan fingerprint density at radius 3 is 2.67 bits per heavy atom. The van der Waals surface area contributed by atoms with Crippen LogP contribution in [0.2, 0.25) is 0 Å². The molecule has 0 saturated carbocycles. The third-order valence-corrected chi connectivity index (χ3v) is 2.28. The first-order valence-electron chi connectivity index (χ1n) is 4.87. The molecule has 0 bridgehead atoms. The zero-order chi connectivity index (χ0) is 10.7. The van der Waals surface area contributed by atoms with Crippen molar-refractivity contribution in [1.29, 1.82) is 0 Å². The number of rotatable bonds is 3. The predicted molar refractivity (Wildman–Crippen MR) is 57.2 cm³/mol. The molecule has 0 aliphatic heterocycles. The molecule has 2 aromatic rings. The first kappa shape index (κ1) is 9.86. The van der Waals surface area contributed by atoms with E-state index >= 15 is 0 Å². The summed E-state index contributed by atoms with van der Waals surface area (Å²) in [5.74, 6) is 1.24. The van der Waals surface area contributed by atoms with E-state index in [0.29, 0.717) is 11.7 Å². The van der Waals surface area contributed by atoms with Crippen molar-refractivity contribution in [2.24, 2.45) is 0 Å². The molecule has 0 aliphatic carbocycles. The molecule has 0 spiro atoms. The van der Waals surface area contributed by atoms with Gasteiger partial charge in [-0.2, -0.15) is 4.98 Å². The maximum absolute atomic E-state index is 5.15. The molecule has 15 heavy (non-hydrogen) atoms. The van der Waals surface area contributed by atoms with Crippen molar-refractivity contribution in [2.75, 3.05) is 7.05 Å². The van der Waals surface area contributed by atoms with Crippen molar-refractivity contribution in [1.82, 2.24) is 15.5 Å². The Morgan fingerprint density at radius 1 is 1.27 bits per heavy atom. The maximum Gasteiger partial charge on any atom is 0.243 e. The Labute approximate surface area is 88.3 Å². The molecular formula is C11H13N3O. The lowest BCUT2D eigenvalue weighted by Crippen LogP contribution is -2.12. The molecule has 0 fully saturated rings. The van der Waals surface area contributed by atoms with E-state index in [1.54, 1.807) is 0 Å². The molecule has 0 radical (unpaired) electrons. The Bertz CT molecular complexity index is 424. The van der Waals surface area contributed by atoms with Crippen LogP contribution in [0.25, 0.3) is 11.4 Å². The van der Waals surface area contributed by atoms with Crippen LogP contribution in [-0.2, 0) is 0 Å². The second-order valence-corrected chi connectivity index (χ2v) is 3.33. The smallest absolute Gasteiger partial charge is 0.243 e. The molecule has 0 amide bonds. The van der Waals surface area contributed by atoms with Gasteiger partial charge in [0.25, 0.3) is 0 Å². The minimum Gasteiger partial charge on any atom is -0.337 e. The molecule has 1 atom stereocenters. The molecule has 1 aromatic heterocycles. The van der Waals surface area contributed by atoms with Crippen molar-refractivity contribution in [3.63, 3.8) is 0 Å². The standard InChI is InChI=1S/C11H13N3O/c1-8(12-2)11-13-10(14-15-11)9-6-4-3-5-7-9/h3-8,12H,1-2H3. The predicted octanol–water partition coefficient (Wildman–Crippen LogP) is 2.02. The fraction of sp³-hybridized carbons (Fsp3) is 0.273. The molecule has 78 valence electrons. The van der Waals surface area contributed by atoms with Gasteiger partial charge in [0.1, 0.15) is 0 Å². The van der Waals surface area contributed by atoms with Crippen molar-refractivity contribution in [2.45, 2.75) is 13.0 Å². The number of nitrogens with zero attached hydrogens (tertiary/aromatic N) is 2. The first-order valence-corrected chi connectivity index (χ1v) is 4.87. The Kier molecular flexibility index (Phi) is 2.78. The average molecular weight is 203 g/mol. The highest BCUT2D eigenvalue weighted by molar-refractivity contribution is 5.53. The molecule has 4 heteroatoms. The molecule has 0 aliphatic rings. The van der Waals surface area contributed by atoms with Gasteiger partial charge in [-0.05, 0) is 14.0 Å². The second-order valence-electron chi connectivity index (χ2n) is 3.33. The van der Waals surface area contributed by atoms with Crippen molar-refractivity contribution in [3.05, 3.63) is 36.2 Å². The summed E-state index contributed by atoms with van der Waals surface area (Å²) in [6.07, 6.45) is 0. The molecule has 1 aromatic carbocycles. The summed E-state index contributed by atoms with van der Waals surface area (Å²) in [6, 6.07) is 9.85. The van der Waals surface area contributed by atoms with Gasteiger partial charge in [0, 0.05) is 5.56 Å². The second kappa shape index (κ2) is 4.23. The quantitative estimate of drug-likeness (QED) is 0.829. The highest BCUT2D eigenvalue weighted by Gasteiger charge is 2.12. The summed E-state index contributed by atoms with van der Waals surface area (Å²) in [7, 11) is 1.86. The third kappa shape index (κ3) is 2.05. The third-order valence-electron chi connectivity index (χ3n) is 2.28. The van der Waals surface area contributed by atoms with Gasteiger partial charge >= 0.3 is 0 Å². The first-order chi connectivity index (χ1) is 7.31. The van der Waals surface area contributed by atoms with E-state index in [1.807, 2.05) is 44.3 Å². The molecular weight excluding hydrogens is 190 g/mol. The normalized spacial score (nSPS) is 12.7. The lowest BCUT2D eigenvalue weighted by atomic mass is 10.2. The minimum atomic E-state index is 0.0787. The lowest BCUT2D eigenvalue weighted by molar-refractivity contribution is 0.347. The summed E-state index contributed by atoms with van der Waals surface area (Å²) in [5, 5.41) is 6.98. The summed E-state index contributed by atoms with van der Waals surface area (Å²) in [4.78, 5) is 4.31. The zero-order valence-corrected chi connectivity index (χ0v) is 8.77. The van der Waals surface area contributed by atoms with Crippen LogP contribution in [0.4, 0.5) is 0 Å². The van der Waals surface area contributed by atoms with Gasteiger partial charge in [0.05, 0.1) is 6.04 Å². The van der Waals surface area contributed by atoms with E-state index in [-0.39, 0.29) is 6.04 Å².